The first-order valence-corrected chi connectivity index (χ1v) is 7.44. The fourth-order valence-corrected chi connectivity index (χ4v) is 3.50. The zero-order valence-corrected chi connectivity index (χ0v) is 12.0. The van der Waals surface area contributed by atoms with Crippen LogP contribution in [-0.4, -0.2) is 39.9 Å². The Labute approximate surface area is 114 Å². The number of ether oxygens (including phenoxy) is 1. The largest absolute Gasteiger partial charge is 0.377 e. The minimum Gasteiger partial charge on any atom is -0.377 e. The quantitative estimate of drug-likeness (QED) is 0.834. The molecule has 0 bridgehead atoms. The Hall–Kier alpha value is -0.940. The van der Waals surface area contributed by atoms with Crippen LogP contribution in [0.15, 0.2) is 0 Å². The standard InChI is InChI=1S/C14H24N4O/c1-11-14-16-15-13(10-19-2)18(14)8-7-17(11)9-12-5-3-4-6-12/h11-12H,3-10H2,1-2H3/t11-/m1/s1. The predicted octanol–water partition coefficient (Wildman–Crippen LogP) is 1.99. The SMILES string of the molecule is COCc1nnc2n1CCN(CC1CCCC1)[C@@H]2C. The van der Waals surface area contributed by atoms with E-state index < -0.39 is 0 Å². The number of rotatable bonds is 4. The van der Waals surface area contributed by atoms with Crippen LogP contribution in [0.1, 0.15) is 50.3 Å². The maximum Gasteiger partial charge on any atom is 0.159 e. The van der Waals surface area contributed by atoms with Crippen molar-refractivity contribution in [3.05, 3.63) is 11.6 Å². The summed E-state index contributed by atoms with van der Waals surface area (Å²) in [5.74, 6) is 2.97. The van der Waals surface area contributed by atoms with Gasteiger partial charge < -0.3 is 9.30 Å². The lowest BCUT2D eigenvalue weighted by Gasteiger charge is -2.35. The molecular formula is C14H24N4O. The molecule has 2 heterocycles. The molecule has 5 nitrogen and oxygen atoms in total. The van der Waals surface area contributed by atoms with E-state index in [0.29, 0.717) is 12.6 Å². The van der Waals surface area contributed by atoms with E-state index in [2.05, 4.69) is 26.6 Å². The third kappa shape index (κ3) is 2.54. The highest BCUT2D eigenvalue weighted by Gasteiger charge is 2.30. The van der Waals surface area contributed by atoms with Crippen LogP contribution in [0.5, 0.6) is 0 Å². The van der Waals surface area contributed by atoms with Crippen LogP contribution in [0.25, 0.3) is 0 Å². The first-order chi connectivity index (χ1) is 9.29. The lowest BCUT2D eigenvalue weighted by atomic mass is 10.1. The molecule has 1 fully saturated rings. The maximum atomic E-state index is 5.19. The first kappa shape index (κ1) is 13.1. The molecule has 0 unspecified atom stereocenters. The van der Waals surface area contributed by atoms with Crippen molar-refractivity contribution in [1.82, 2.24) is 19.7 Å². The number of methoxy groups -OCH3 is 1. The Bertz CT molecular complexity index is 425. The number of hydrogen-bond acceptors (Lipinski definition) is 4. The molecule has 0 spiro atoms. The molecule has 1 aliphatic heterocycles. The van der Waals surface area contributed by atoms with Gasteiger partial charge in [-0.3, -0.25) is 4.90 Å². The van der Waals surface area contributed by atoms with E-state index in [1.807, 2.05) is 0 Å². The molecule has 5 heteroatoms. The van der Waals surface area contributed by atoms with Crippen molar-refractivity contribution >= 4 is 0 Å². The number of aromatic nitrogens is 3. The number of hydrogen-bond donors (Lipinski definition) is 0. The molecule has 1 saturated carbocycles. The molecule has 1 atom stereocenters. The Balaban J connectivity index is 1.70. The smallest absolute Gasteiger partial charge is 0.159 e. The minimum absolute atomic E-state index is 0.382. The van der Waals surface area contributed by atoms with E-state index in [1.54, 1.807) is 7.11 Å². The van der Waals surface area contributed by atoms with Crippen LogP contribution in [0.2, 0.25) is 0 Å². The zero-order valence-electron chi connectivity index (χ0n) is 12.0. The van der Waals surface area contributed by atoms with Gasteiger partial charge in [-0.1, -0.05) is 12.8 Å². The van der Waals surface area contributed by atoms with Crippen molar-refractivity contribution in [2.45, 2.75) is 51.8 Å². The van der Waals surface area contributed by atoms with Gasteiger partial charge in [0, 0.05) is 26.7 Å². The molecule has 0 saturated heterocycles. The van der Waals surface area contributed by atoms with E-state index in [-0.39, 0.29) is 0 Å². The predicted molar refractivity (Wildman–Crippen MR) is 72.7 cm³/mol. The third-order valence-electron chi connectivity index (χ3n) is 4.63. The van der Waals surface area contributed by atoms with Crippen LogP contribution in [0.4, 0.5) is 0 Å². The Morgan fingerprint density at radius 2 is 2.00 bits per heavy atom. The molecule has 19 heavy (non-hydrogen) atoms. The summed E-state index contributed by atoms with van der Waals surface area (Å²) in [6.45, 7) is 6.15. The van der Waals surface area contributed by atoms with Crippen molar-refractivity contribution < 1.29 is 4.74 Å². The minimum atomic E-state index is 0.382. The van der Waals surface area contributed by atoms with Gasteiger partial charge in [0.15, 0.2) is 5.82 Å². The summed E-state index contributed by atoms with van der Waals surface area (Å²) in [7, 11) is 1.71. The molecule has 1 aliphatic carbocycles. The highest BCUT2D eigenvalue weighted by atomic mass is 16.5. The van der Waals surface area contributed by atoms with Crippen molar-refractivity contribution in [3.8, 4) is 0 Å². The van der Waals surface area contributed by atoms with E-state index in [0.717, 1.165) is 30.7 Å². The average molecular weight is 264 g/mol. The van der Waals surface area contributed by atoms with Gasteiger partial charge in [0.2, 0.25) is 0 Å². The topological polar surface area (TPSA) is 43.2 Å². The van der Waals surface area contributed by atoms with Crippen molar-refractivity contribution in [2.75, 3.05) is 20.2 Å². The summed E-state index contributed by atoms with van der Waals surface area (Å²) in [6, 6.07) is 0.382. The van der Waals surface area contributed by atoms with Crippen LogP contribution >= 0.6 is 0 Å². The molecular weight excluding hydrogens is 240 g/mol. The zero-order chi connectivity index (χ0) is 13.2. The fraction of sp³-hybridized carbons (Fsp3) is 0.857. The number of fused-ring (bicyclic) bond motifs is 1. The molecule has 1 aromatic heterocycles. The van der Waals surface area contributed by atoms with Gasteiger partial charge >= 0.3 is 0 Å². The molecule has 3 rings (SSSR count). The Morgan fingerprint density at radius 3 is 2.74 bits per heavy atom. The second kappa shape index (κ2) is 5.59. The molecule has 106 valence electrons. The van der Waals surface area contributed by atoms with Crippen LogP contribution in [0.3, 0.4) is 0 Å². The van der Waals surface area contributed by atoms with Crippen LogP contribution < -0.4 is 0 Å². The van der Waals surface area contributed by atoms with Crippen molar-refractivity contribution in [1.29, 1.82) is 0 Å². The lowest BCUT2D eigenvalue weighted by Crippen LogP contribution is -2.40. The van der Waals surface area contributed by atoms with Gasteiger partial charge in [0.25, 0.3) is 0 Å². The summed E-state index contributed by atoms with van der Waals surface area (Å²) >= 11 is 0. The molecule has 1 aromatic rings. The van der Waals surface area contributed by atoms with Gasteiger partial charge in [-0.15, -0.1) is 10.2 Å². The van der Waals surface area contributed by atoms with Crippen molar-refractivity contribution in [3.63, 3.8) is 0 Å². The Kier molecular flexibility index (Phi) is 3.84. The maximum absolute atomic E-state index is 5.19. The van der Waals surface area contributed by atoms with E-state index >= 15 is 0 Å². The van der Waals surface area contributed by atoms with Gasteiger partial charge in [0.1, 0.15) is 12.4 Å². The first-order valence-electron chi connectivity index (χ1n) is 7.44. The molecule has 0 amide bonds. The molecule has 0 aromatic carbocycles. The van der Waals surface area contributed by atoms with Gasteiger partial charge in [-0.25, -0.2) is 0 Å². The summed E-state index contributed by atoms with van der Waals surface area (Å²) in [5, 5.41) is 8.64. The highest BCUT2D eigenvalue weighted by molar-refractivity contribution is 5.03. The van der Waals surface area contributed by atoms with E-state index in [9.17, 15) is 0 Å². The van der Waals surface area contributed by atoms with Crippen molar-refractivity contribution in [2.24, 2.45) is 5.92 Å². The normalized spacial score (nSPS) is 24.8. The third-order valence-corrected chi connectivity index (χ3v) is 4.63. The fourth-order valence-electron chi connectivity index (χ4n) is 3.50. The summed E-state index contributed by atoms with van der Waals surface area (Å²) in [5.41, 5.74) is 0. The Morgan fingerprint density at radius 1 is 1.21 bits per heavy atom. The van der Waals surface area contributed by atoms with Gasteiger partial charge in [-0.2, -0.15) is 0 Å². The monoisotopic (exact) mass is 264 g/mol. The summed E-state index contributed by atoms with van der Waals surface area (Å²) < 4.78 is 7.42. The van der Waals surface area contributed by atoms with Gasteiger partial charge in [0.05, 0.1) is 6.04 Å². The van der Waals surface area contributed by atoms with Crippen LogP contribution in [-0.2, 0) is 17.9 Å². The van der Waals surface area contributed by atoms with E-state index in [1.165, 1.54) is 32.2 Å². The highest BCUT2D eigenvalue weighted by Crippen LogP contribution is 2.30. The van der Waals surface area contributed by atoms with Gasteiger partial charge in [-0.05, 0) is 25.7 Å². The van der Waals surface area contributed by atoms with E-state index in [4.69, 9.17) is 4.74 Å². The summed E-state index contributed by atoms with van der Waals surface area (Å²) in [6.07, 6.45) is 5.65. The molecule has 0 N–H and O–H groups in total. The van der Waals surface area contributed by atoms with Crippen LogP contribution in [0, 0.1) is 5.92 Å². The summed E-state index contributed by atoms with van der Waals surface area (Å²) in [4.78, 5) is 2.58. The second-order valence-electron chi connectivity index (χ2n) is 5.88. The molecule has 0 radical (unpaired) electrons. The second-order valence-corrected chi connectivity index (χ2v) is 5.88. The molecule has 2 aliphatic rings. The number of nitrogens with zero attached hydrogens (tertiary/aromatic N) is 4. The lowest BCUT2D eigenvalue weighted by molar-refractivity contribution is 0.131. The average Bonchev–Trinajstić information content (AvgIpc) is 3.04.